The van der Waals surface area contributed by atoms with Crippen LogP contribution in [0.2, 0.25) is 0 Å². The van der Waals surface area contributed by atoms with E-state index in [-0.39, 0.29) is 12.3 Å². The van der Waals surface area contributed by atoms with Crippen molar-refractivity contribution in [3.8, 4) is 0 Å². The standard InChI is InChI=1S/C15H19NO3.C2H6/c1-12(17)15(13-5-3-2-4-6-13)7-9-16(10-8-15)11-14(18)19;1-2/h2-6H,7-11H2,1H3,(H,18,19);1-2H3. The van der Waals surface area contributed by atoms with Gasteiger partial charge in [-0.2, -0.15) is 0 Å². The Morgan fingerprint density at radius 3 is 2.10 bits per heavy atom. The minimum atomic E-state index is -0.810. The number of hydrogen-bond acceptors (Lipinski definition) is 3. The molecular weight excluding hydrogens is 266 g/mol. The maximum absolute atomic E-state index is 12.1. The Bertz CT molecular complexity index is 462. The molecule has 1 aromatic carbocycles. The normalized spacial score (nSPS) is 17.5. The van der Waals surface area contributed by atoms with Gasteiger partial charge in [-0.25, -0.2) is 0 Å². The van der Waals surface area contributed by atoms with Crippen LogP contribution in [0, 0.1) is 0 Å². The van der Waals surface area contributed by atoms with Gasteiger partial charge in [0.05, 0.1) is 12.0 Å². The lowest BCUT2D eigenvalue weighted by Crippen LogP contribution is -2.47. The number of carbonyl (C=O) groups is 2. The second kappa shape index (κ2) is 7.93. The number of piperidine rings is 1. The molecule has 1 heterocycles. The van der Waals surface area contributed by atoms with E-state index in [4.69, 9.17) is 5.11 Å². The average molecular weight is 291 g/mol. The van der Waals surface area contributed by atoms with Crippen molar-refractivity contribution < 1.29 is 14.7 Å². The van der Waals surface area contributed by atoms with Gasteiger partial charge in [0.2, 0.25) is 0 Å². The zero-order valence-corrected chi connectivity index (χ0v) is 13.1. The summed E-state index contributed by atoms with van der Waals surface area (Å²) in [7, 11) is 0. The monoisotopic (exact) mass is 291 g/mol. The van der Waals surface area contributed by atoms with Gasteiger partial charge in [0, 0.05) is 13.1 Å². The Hall–Kier alpha value is -1.68. The first-order valence-corrected chi connectivity index (χ1v) is 7.55. The van der Waals surface area contributed by atoms with Gasteiger partial charge in [0.25, 0.3) is 0 Å². The molecule has 116 valence electrons. The van der Waals surface area contributed by atoms with Crippen LogP contribution in [0.15, 0.2) is 30.3 Å². The molecule has 0 radical (unpaired) electrons. The Morgan fingerprint density at radius 1 is 1.14 bits per heavy atom. The fraction of sp³-hybridized carbons (Fsp3) is 0.529. The Labute approximate surface area is 126 Å². The highest BCUT2D eigenvalue weighted by Crippen LogP contribution is 2.36. The van der Waals surface area contributed by atoms with Gasteiger partial charge in [-0.05, 0) is 25.3 Å². The first kappa shape index (κ1) is 17.4. The molecule has 1 N–H and O–H groups in total. The first-order valence-electron chi connectivity index (χ1n) is 7.55. The molecule has 1 aliphatic rings. The quantitative estimate of drug-likeness (QED) is 0.926. The number of carboxylic acids is 1. The molecule has 0 aromatic heterocycles. The Balaban J connectivity index is 0.00000106. The molecule has 0 bridgehead atoms. The van der Waals surface area contributed by atoms with Gasteiger partial charge >= 0.3 is 5.97 Å². The summed E-state index contributed by atoms with van der Waals surface area (Å²) in [4.78, 5) is 24.7. The lowest BCUT2D eigenvalue weighted by molar-refractivity contribution is -0.138. The molecule has 4 nitrogen and oxygen atoms in total. The number of likely N-dealkylation sites (tertiary alicyclic amines) is 1. The largest absolute Gasteiger partial charge is 0.480 e. The smallest absolute Gasteiger partial charge is 0.317 e. The lowest BCUT2D eigenvalue weighted by Gasteiger charge is -2.40. The summed E-state index contributed by atoms with van der Waals surface area (Å²) >= 11 is 0. The van der Waals surface area contributed by atoms with Gasteiger partial charge < -0.3 is 5.11 Å². The number of rotatable bonds is 4. The molecule has 0 amide bonds. The van der Waals surface area contributed by atoms with Crippen molar-refractivity contribution in [1.29, 1.82) is 0 Å². The van der Waals surface area contributed by atoms with E-state index in [9.17, 15) is 9.59 Å². The number of nitrogens with zero attached hydrogens (tertiary/aromatic N) is 1. The number of Topliss-reactive ketones (excluding diaryl/α,β-unsaturated/α-hetero) is 1. The molecule has 1 aliphatic heterocycles. The molecule has 0 atom stereocenters. The zero-order valence-electron chi connectivity index (χ0n) is 13.1. The molecule has 0 unspecified atom stereocenters. The summed E-state index contributed by atoms with van der Waals surface area (Å²) in [6.07, 6.45) is 1.39. The Kier molecular flexibility index (Phi) is 6.56. The Morgan fingerprint density at radius 2 is 1.67 bits per heavy atom. The molecule has 1 saturated heterocycles. The fourth-order valence-corrected chi connectivity index (χ4v) is 2.89. The fourth-order valence-electron chi connectivity index (χ4n) is 2.89. The highest BCUT2D eigenvalue weighted by Gasteiger charge is 2.40. The number of hydrogen-bond donors (Lipinski definition) is 1. The zero-order chi connectivity index (χ0) is 15.9. The van der Waals surface area contributed by atoms with E-state index < -0.39 is 11.4 Å². The highest BCUT2D eigenvalue weighted by molar-refractivity contribution is 5.88. The van der Waals surface area contributed by atoms with Gasteiger partial charge in [0.15, 0.2) is 0 Å². The summed E-state index contributed by atoms with van der Waals surface area (Å²) in [5.74, 6) is -0.635. The van der Waals surface area contributed by atoms with Gasteiger partial charge in [-0.1, -0.05) is 44.2 Å². The van der Waals surface area contributed by atoms with E-state index in [1.807, 2.05) is 49.1 Å². The highest BCUT2D eigenvalue weighted by atomic mass is 16.4. The van der Waals surface area contributed by atoms with Crippen molar-refractivity contribution in [3.05, 3.63) is 35.9 Å². The third kappa shape index (κ3) is 4.14. The summed E-state index contributed by atoms with van der Waals surface area (Å²) in [5, 5.41) is 8.81. The predicted octanol–water partition coefficient (Wildman–Crippen LogP) is 2.72. The van der Waals surface area contributed by atoms with Gasteiger partial charge in [-0.3, -0.25) is 14.5 Å². The summed E-state index contributed by atoms with van der Waals surface area (Å²) in [5.41, 5.74) is 0.619. The molecule has 1 fully saturated rings. The maximum Gasteiger partial charge on any atom is 0.317 e. The van der Waals surface area contributed by atoms with Crippen LogP contribution in [0.4, 0.5) is 0 Å². The topological polar surface area (TPSA) is 57.6 Å². The van der Waals surface area contributed by atoms with Crippen LogP contribution in [0.25, 0.3) is 0 Å². The molecule has 2 rings (SSSR count). The number of carbonyl (C=O) groups excluding carboxylic acids is 1. The van der Waals surface area contributed by atoms with Gasteiger partial charge in [0.1, 0.15) is 5.78 Å². The average Bonchev–Trinajstić information content (AvgIpc) is 2.50. The van der Waals surface area contributed by atoms with Crippen molar-refractivity contribution in [2.24, 2.45) is 0 Å². The molecule has 21 heavy (non-hydrogen) atoms. The van der Waals surface area contributed by atoms with Crippen LogP contribution >= 0.6 is 0 Å². The number of benzene rings is 1. The van der Waals surface area contributed by atoms with Crippen LogP contribution in [0.1, 0.15) is 39.2 Å². The summed E-state index contributed by atoms with van der Waals surface area (Å²) in [6, 6.07) is 9.83. The molecule has 4 heteroatoms. The minimum absolute atomic E-state index is 0.0583. The van der Waals surface area contributed by atoms with E-state index >= 15 is 0 Å². The third-order valence-corrected chi connectivity index (χ3v) is 4.07. The van der Waals surface area contributed by atoms with Crippen molar-refractivity contribution >= 4 is 11.8 Å². The maximum atomic E-state index is 12.1. The van der Waals surface area contributed by atoms with Crippen LogP contribution in [0.3, 0.4) is 0 Å². The van der Waals surface area contributed by atoms with Crippen molar-refractivity contribution in [2.45, 2.75) is 39.0 Å². The van der Waals surface area contributed by atoms with E-state index in [0.29, 0.717) is 25.9 Å². The molecule has 0 spiro atoms. The molecule has 0 saturated carbocycles. The number of aliphatic carboxylic acids is 1. The van der Waals surface area contributed by atoms with Crippen molar-refractivity contribution in [2.75, 3.05) is 19.6 Å². The van der Waals surface area contributed by atoms with E-state index in [2.05, 4.69) is 0 Å². The minimum Gasteiger partial charge on any atom is -0.480 e. The number of ketones is 1. The summed E-state index contributed by atoms with van der Waals surface area (Å²) < 4.78 is 0. The summed E-state index contributed by atoms with van der Waals surface area (Å²) in [6.45, 7) is 7.00. The third-order valence-electron chi connectivity index (χ3n) is 4.07. The second-order valence-corrected chi connectivity index (χ2v) is 5.17. The van der Waals surface area contributed by atoms with Crippen molar-refractivity contribution in [3.63, 3.8) is 0 Å². The van der Waals surface area contributed by atoms with E-state index in [1.54, 1.807) is 6.92 Å². The molecule has 0 aliphatic carbocycles. The van der Waals surface area contributed by atoms with Crippen LogP contribution in [-0.4, -0.2) is 41.4 Å². The van der Waals surface area contributed by atoms with Crippen molar-refractivity contribution in [1.82, 2.24) is 4.90 Å². The van der Waals surface area contributed by atoms with Crippen LogP contribution in [-0.2, 0) is 15.0 Å². The van der Waals surface area contributed by atoms with E-state index in [1.165, 1.54) is 0 Å². The van der Waals surface area contributed by atoms with Crippen LogP contribution in [0.5, 0.6) is 0 Å². The van der Waals surface area contributed by atoms with E-state index in [0.717, 1.165) is 5.56 Å². The second-order valence-electron chi connectivity index (χ2n) is 5.17. The molecule has 1 aromatic rings. The van der Waals surface area contributed by atoms with Gasteiger partial charge in [-0.15, -0.1) is 0 Å². The number of carboxylic acid groups (broad SMARTS) is 1. The SMILES string of the molecule is CC.CC(=O)C1(c2ccccc2)CCN(CC(=O)O)CC1. The molecular formula is C17H25NO3. The first-order chi connectivity index (χ1) is 10.0. The predicted molar refractivity (Wildman–Crippen MR) is 83.5 cm³/mol. The lowest BCUT2D eigenvalue weighted by atomic mass is 9.70. The van der Waals surface area contributed by atoms with Crippen LogP contribution < -0.4 is 0 Å².